The van der Waals surface area contributed by atoms with Crippen LogP contribution in [-0.2, 0) is 19.6 Å². The number of carbonyl (C=O) groups excluding carboxylic acids is 1. The van der Waals surface area contributed by atoms with Gasteiger partial charge in [-0.2, -0.15) is 0 Å². The van der Waals surface area contributed by atoms with Gasteiger partial charge in [-0.3, -0.25) is 4.72 Å². The van der Waals surface area contributed by atoms with Gasteiger partial charge in [0.05, 0.1) is 18.6 Å². The second kappa shape index (κ2) is 9.05. The summed E-state index contributed by atoms with van der Waals surface area (Å²) in [6, 6.07) is 12.8. The van der Waals surface area contributed by atoms with Crippen LogP contribution in [0.15, 0.2) is 59.5 Å². The number of ether oxygens (including phenoxy) is 2. The summed E-state index contributed by atoms with van der Waals surface area (Å²) in [4.78, 5) is 11.6. The average Bonchev–Trinajstić information content (AvgIpc) is 2.65. The van der Waals surface area contributed by atoms with E-state index in [0.717, 1.165) is 6.42 Å². The lowest BCUT2D eigenvalue weighted by Gasteiger charge is -2.09. The minimum Gasteiger partial charge on any atom is -0.497 e. The van der Waals surface area contributed by atoms with Gasteiger partial charge in [-0.15, -0.1) is 0 Å². The van der Waals surface area contributed by atoms with E-state index in [-0.39, 0.29) is 4.90 Å². The molecule has 6 nitrogen and oxygen atoms in total. The summed E-state index contributed by atoms with van der Waals surface area (Å²) in [6.07, 6.45) is 3.65. The molecule has 0 fully saturated rings. The highest BCUT2D eigenvalue weighted by Crippen LogP contribution is 2.19. The molecule has 0 aliphatic heterocycles. The first-order valence-corrected chi connectivity index (χ1v) is 9.54. The molecule has 7 heteroatoms. The van der Waals surface area contributed by atoms with Gasteiger partial charge in [-0.1, -0.05) is 19.1 Å². The zero-order valence-electron chi connectivity index (χ0n) is 14.6. The Morgan fingerprint density at radius 3 is 2.31 bits per heavy atom. The summed E-state index contributed by atoms with van der Waals surface area (Å²) < 4.78 is 37.3. The van der Waals surface area contributed by atoms with E-state index < -0.39 is 16.0 Å². The van der Waals surface area contributed by atoms with Crippen LogP contribution in [0.2, 0.25) is 0 Å². The van der Waals surface area contributed by atoms with Gasteiger partial charge in [0, 0.05) is 11.8 Å². The second-order valence-electron chi connectivity index (χ2n) is 5.40. The highest BCUT2D eigenvalue weighted by Gasteiger charge is 2.13. The van der Waals surface area contributed by atoms with Crippen LogP contribution in [0.1, 0.15) is 18.9 Å². The van der Waals surface area contributed by atoms with Crippen molar-refractivity contribution in [1.82, 2.24) is 0 Å². The van der Waals surface area contributed by atoms with Crippen molar-refractivity contribution < 1.29 is 22.7 Å². The highest BCUT2D eigenvalue weighted by atomic mass is 32.2. The van der Waals surface area contributed by atoms with Crippen molar-refractivity contribution in [2.24, 2.45) is 0 Å². The number of rotatable bonds is 8. The summed E-state index contributed by atoms with van der Waals surface area (Å²) in [5.74, 6) is 0.214. The van der Waals surface area contributed by atoms with Crippen molar-refractivity contribution in [3.8, 4) is 5.75 Å². The fraction of sp³-hybridized carbons (Fsp3) is 0.211. The van der Waals surface area contributed by atoms with E-state index in [0.29, 0.717) is 23.6 Å². The van der Waals surface area contributed by atoms with Gasteiger partial charge in [0.1, 0.15) is 5.75 Å². The third-order valence-electron chi connectivity index (χ3n) is 3.39. The number of anilines is 1. The van der Waals surface area contributed by atoms with Gasteiger partial charge in [-0.05, 0) is 54.5 Å². The Kier molecular flexibility index (Phi) is 6.80. The van der Waals surface area contributed by atoms with Crippen molar-refractivity contribution in [2.75, 3.05) is 18.4 Å². The van der Waals surface area contributed by atoms with Gasteiger partial charge in [0.2, 0.25) is 0 Å². The zero-order chi connectivity index (χ0) is 19.0. The monoisotopic (exact) mass is 375 g/mol. The molecule has 0 radical (unpaired) electrons. The van der Waals surface area contributed by atoms with E-state index in [4.69, 9.17) is 9.47 Å². The molecular weight excluding hydrogens is 354 g/mol. The molecule has 0 spiro atoms. The predicted octanol–water partition coefficient (Wildman–Crippen LogP) is 3.46. The van der Waals surface area contributed by atoms with E-state index in [9.17, 15) is 13.2 Å². The number of benzene rings is 2. The molecule has 0 saturated carbocycles. The summed E-state index contributed by atoms with van der Waals surface area (Å²) in [6.45, 7) is 2.29. The Bertz CT molecular complexity index is 856. The number of hydrogen-bond donors (Lipinski definition) is 1. The molecule has 0 unspecified atom stereocenters. The second-order valence-corrected chi connectivity index (χ2v) is 7.09. The lowest BCUT2D eigenvalue weighted by Crippen LogP contribution is -2.12. The quantitative estimate of drug-likeness (QED) is 0.564. The summed E-state index contributed by atoms with van der Waals surface area (Å²) in [5.41, 5.74) is 1.13. The summed E-state index contributed by atoms with van der Waals surface area (Å²) in [5, 5.41) is 0. The number of hydrogen-bond acceptors (Lipinski definition) is 5. The van der Waals surface area contributed by atoms with Gasteiger partial charge >= 0.3 is 5.97 Å². The SMILES string of the molecule is CCCOC(=O)/C=C/c1ccc(S(=O)(=O)Nc2ccc(OC)cc2)cc1. The van der Waals surface area contributed by atoms with Crippen LogP contribution in [0.5, 0.6) is 5.75 Å². The molecule has 2 rings (SSSR count). The first-order valence-electron chi connectivity index (χ1n) is 8.06. The summed E-state index contributed by atoms with van der Waals surface area (Å²) in [7, 11) is -2.16. The van der Waals surface area contributed by atoms with Gasteiger partial charge in [0.25, 0.3) is 10.0 Å². The van der Waals surface area contributed by atoms with Crippen LogP contribution in [0.25, 0.3) is 6.08 Å². The third-order valence-corrected chi connectivity index (χ3v) is 4.79. The molecule has 0 aliphatic carbocycles. The summed E-state index contributed by atoms with van der Waals surface area (Å²) >= 11 is 0. The molecule has 26 heavy (non-hydrogen) atoms. The van der Waals surface area contributed by atoms with Crippen LogP contribution in [0.4, 0.5) is 5.69 Å². The lowest BCUT2D eigenvalue weighted by atomic mass is 10.2. The number of methoxy groups -OCH3 is 1. The Balaban J connectivity index is 2.05. The maximum absolute atomic E-state index is 12.4. The minimum absolute atomic E-state index is 0.124. The number of esters is 1. The molecule has 0 aliphatic rings. The van der Waals surface area contributed by atoms with Crippen LogP contribution in [0, 0.1) is 0 Å². The van der Waals surface area contributed by atoms with Crippen LogP contribution >= 0.6 is 0 Å². The standard InChI is InChI=1S/C19H21NO5S/c1-3-14-25-19(21)13-6-15-4-11-18(12-5-15)26(22,23)20-16-7-9-17(24-2)10-8-16/h4-13,20H,3,14H2,1-2H3/b13-6+. The molecule has 2 aromatic carbocycles. The molecule has 0 bridgehead atoms. The molecule has 138 valence electrons. The fourth-order valence-corrected chi connectivity index (χ4v) is 3.10. The Morgan fingerprint density at radius 2 is 1.73 bits per heavy atom. The third kappa shape index (κ3) is 5.63. The Morgan fingerprint density at radius 1 is 1.08 bits per heavy atom. The molecular formula is C19H21NO5S. The van der Waals surface area contributed by atoms with Crippen LogP contribution < -0.4 is 9.46 Å². The molecule has 2 aromatic rings. The Hall–Kier alpha value is -2.80. The molecule has 0 saturated heterocycles. The zero-order valence-corrected chi connectivity index (χ0v) is 15.5. The van der Waals surface area contributed by atoms with Crippen LogP contribution in [-0.4, -0.2) is 28.1 Å². The molecule has 0 amide bonds. The van der Waals surface area contributed by atoms with E-state index in [1.807, 2.05) is 6.92 Å². The normalized spacial score (nSPS) is 11.3. The molecule has 0 aromatic heterocycles. The van der Waals surface area contributed by atoms with Crippen LogP contribution in [0.3, 0.4) is 0 Å². The molecule has 0 heterocycles. The minimum atomic E-state index is -3.70. The van der Waals surface area contributed by atoms with Gasteiger partial charge < -0.3 is 9.47 Å². The van der Waals surface area contributed by atoms with Gasteiger partial charge in [0.15, 0.2) is 0 Å². The number of sulfonamides is 1. The predicted molar refractivity (Wildman–Crippen MR) is 101 cm³/mol. The number of nitrogens with one attached hydrogen (secondary N) is 1. The largest absolute Gasteiger partial charge is 0.497 e. The van der Waals surface area contributed by atoms with E-state index >= 15 is 0 Å². The smallest absolute Gasteiger partial charge is 0.330 e. The molecule has 0 atom stereocenters. The first-order chi connectivity index (χ1) is 12.4. The fourth-order valence-electron chi connectivity index (χ4n) is 2.05. The topological polar surface area (TPSA) is 81.7 Å². The van der Waals surface area contributed by atoms with E-state index in [1.165, 1.54) is 18.2 Å². The highest BCUT2D eigenvalue weighted by molar-refractivity contribution is 7.92. The van der Waals surface area contributed by atoms with Crippen molar-refractivity contribution in [3.63, 3.8) is 0 Å². The molecule has 1 N–H and O–H groups in total. The van der Waals surface area contributed by atoms with E-state index in [1.54, 1.807) is 49.6 Å². The first kappa shape index (κ1) is 19.5. The maximum Gasteiger partial charge on any atom is 0.330 e. The van der Waals surface area contributed by atoms with Gasteiger partial charge in [-0.25, -0.2) is 13.2 Å². The Labute approximate surface area is 153 Å². The maximum atomic E-state index is 12.4. The van der Waals surface area contributed by atoms with E-state index in [2.05, 4.69) is 4.72 Å². The van der Waals surface area contributed by atoms with Crippen molar-refractivity contribution in [3.05, 3.63) is 60.2 Å². The van der Waals surface area contributed by atoms with Crippen molar-refractivity contribution in [1.29, 1.82) is 0 Å². The number of carbonyl (C=O) groups is 1. The average molecular weight is 375 g/mol. The van der Waals surface area contributed by atoms with Crippen molar-refractivity contribution >= 4 is 27.8 Å². The lowest BCUT2D eigenvalue weighted by molar-refractivity contribution is -0.137. The van der Waals surface area contributed by atoms with Crippen molar-refractivity contribution in [2.45, 2.75) is 18.2 Å².